The number of pyridine rings is 1. The predicted molar refractivity (Wildman–Crippen MR) is 112 cm³/mol. The number of anilines is 1. The van der Waals surface area contributed by atoms with Gasteiger partial charge in [0.2, 0.25) is 0 Å². The molecule has 0 bridgehead atoms. The Hall–Kier alpha value is -3.28. The monoisotopic (exact) mass is 388 g/mol. The molecule has 1 amide bonds. The normalized spacial score (nSPS) is 20.6. The highest BCUT2D eigenvalue weighted by Crippen LogP contribution is 2.29. The molecule has 6 heteroatoms. The number of aromatic nitrogens is 1. The van der Waals surface area contributed by atoms with Gasteiger partial charge in [-0.15, -0.1) is 0 Å². The van der Waals surface area contributed by atoms with E-state index >= 15 is 0 Å². The fraction of sp³-hybridized carbons (Fsp3) is 0.261. The SMILES string of the molecule is CC1(F)CCN(C(=O)c2cccc3cc(NC4=NCc5cccnc54)ccc23)C1. The first kappa shape index (κ1) is 17.8. The average molecular weight is 388 g/mol. The van der Waals surface area contributed by atoms with Gasteiger partial charge in [0.1, 0.15) is 11.4 Å². The number of aliphatic imine (C=N–C) groups is 1. The summed E-state index contributed by atoms with van der Waals surface area (Å²) in [6, 6.07) is 15.5. The highest BCUT2D eigenvalue weighted by molar-refractivity contribution is 6.11. The first-order valence-corrected chi connectivity index (χ1v) is 9.77. The highest BCUT2D eigenvalue weighted by Gasteiger charge is 2.36. The van der Waals surface area contributed by atoms with Gasteiger partial charge in [0.25, 0.3) is 5.91 Å². The van der Waals surface area contributed by atoms with Crippen molar-refractivity contribution >= 4 is 28.2 Å². The summed E-state index contributed by atoms with van der Waals surface area (Å²) in [6.07, 6.45) is 2.15. The third kappa shape index (κ3) is 3.24. The van der Waals surface area contributed by atoms with Gasteiger partial charge in [-0.05, 0) is 42.0 Å². The number of rotatable bonds is 2. The van der Waals surface area contributed by atoms with Gasteiger partial charge in [-0.25, -0.2) is 4.39 Å². The van der Waals surface area contributed by atoms with Gasteiger partial charge in [-0.1, -0.05) is 24.3 Å². The van der Waals surface area contributed by atoms with Crippen molar-refractivity contribution in [2.24, 2.45) is 4.99 Å². The molecule has 0 spiro atoms. The number of hydrogen-bond acceptors (Lipinski definition) is 4. The number of carbonyl (C=O) groups excluding carboxylic acids is 1. The zero-order valence-corrected chi connectivity index (χ0v) is 16.2. The van der Waals surface area contributed by atoms with Gasteiger partial charge in [-0.3, -0.25) is 14.8 Å². The fourth-order valence-corrected chi connectivity index (χ4v) is 4.07. The maximum absolute atomic E-state index is 14.2. The molecule has 5 rings (SSSR count). The number of nitrogens with one attached hydrogen (secondary N) is 1. The summed E-state index contributed by atoms with van der Waals surface area (Å²) in [6.45, 7) is 2.78. The molecule has 2 aliphatic rings. The Morgan fingerprint density at radius 3 is 2.93 bits per heavy atom. The van der Waals surface area contributed by atoms with Crippen LogP contribution in [0.25, 0.3) is 10.8 Å². The molecule has 0 radical (unpaired) electrons. The van der Waals surface area contributed by atoms with Crippen molar-refractivity contribution in [1.82, 2.24) is 9.88 Å². The molecule has 1 aromatic heterocycles. The number of benzene rings is 2. The molecule has 29 heavy (non-hydrogen) atoms. The second-order valence-corrected chi connectivity index (χ2v) is 7.93. The van der Waals surface area contributed by atoms with Gasteiger partial charge in [0, 0.05) is 36.0 Å². The zero-order valence-electron chi connectivity index (χ0n) is 16.2. The van der Waals surface area contributed by atoms with Gasteiger partial charge < -0.3 is 10.2 Å². The van der Waals surface area contributed by atoms with Crippen LogP contribution in [-0.4, -0.2) is 40.4 Å². The Morgan fingerprint density at radius 2 is 2.10 bits per heavy atom. The number of hydrogen-bond donors (Lipinski definition) is 1. The maximum Gasteiger partial charge on any atom is 0.254 e. The lowest BCUT2D eigenvalue weighted by Crippen LogP contribution is -2.31. The van der Waals surface area contributed by atoms with E-state index in [0.717, 1.165) is 33.6 Å². The molecule has 2 aromatic carbocycles. The van der Waals surface area contributed by atoms with Crippen LogP contribution in [-0.2, 0) is 6.54 Å². The van der Waals surface area contributed by atoms with Crippen LogP contribution in [0.4, 0.5) is 10.1 Å². The van der Waals surface area contributed by atoms with Crippen LogP contribution in [0.2, 0.25) is 0 Å². The lowest BCUT2D eigenvalue weighted by Gasteiger charge is -2.19. The minimum absolute atomic E-state index is 0.115. The van der Waals surface area contributed by atoms with Crippen LogP contribution in [0.5, 0.6) is 0 Å². The molecule has 1 atom stereocenters. The maximum atomic E-state index is 14.2. The number of halogens is 1. The molecule has 3 aromatic rings. The molecular weight excluding hydrogens is 367 g/mol. The number of fused-ring (bicyclic) bond motifs is 2. The molecule has 1 unspecified atom stereocenters. The number of amides is 1. The second kappa shape index (κ2) is 6.65. The standard InChI is InChI=1S/C23H21FN4O/c1-23(24)9-11-28(14-23)22(29)19-6-2-4-15-12-17(7-8-18(15)19)27-21-20-16(13-26-21)5-3-10-25-20/h2-8,10,12H,9,11,13-14H2,1H3,(H,26,27). The summed E-state index contributed by atoms with van der Waals surface area (Å²) < 4.78 is 14.2. The van der Waals surface area contributed by atoms with Gasteiger partial charge >= 0.3 is 0 Å². The number of carbonyl (C=O) groups is 1. The van der Waals surface area contributed by atoms with Crippen LogP contribution in [0, 0.1) is 0 Å². The molecule has 5 nitrogen and oxygen atoms in total. The summed E-state index contributed by atoms with van der Waals surface area (Å²) in [5, 5.41) is 5.16. The molecule has 0 saturated carbocycles. The van der Waals surface area contributed by atoms with E-state index in [1.807, 2.05) is 48.5 Å². The minimum atomic E-state index is -1.30. The van der Waals surface area contributed by atoms with Gasteiger partial charge in [0.05, 0.1) is 13.1 Å². The highest BCUT2D eigenvalue weighted by atomic mass is 19.1. The molecule has 1 N–H and O–H groups in total. The van der Waals surface area contributed by atoms with Crippen molar-refractivity contribution in [3.05, 3.63) is 71.5 Å². The predicted octanol–water partition coefficient (Wildman–Crippen LogP) is 4.18. The Morgan fingerprint density at radius 1 is 1.21 bits per heavy atom. The van der Waals surface area contributed by atoms with Crippen LogP contribution in [0.15, 0.2) is 59.7 Å². The van der Waals surface area contributed by atoms with E-state index in [-0.39, 0.29) is 12.5 Å². The van der Waals surface area contributed by atoms with Crippen molar-refractivity contribution in [3.8, 4) is 0 Å². The number of likely N-dealkylation sites (tertiary alicyclic amines) is 1. The van der Waals surface area contributed by atoms with E-state index in [9.17, 15) is 9.18 Å². The summed E-state index contributed by atoms with van der Waals surface area (Å²) in [5.74, 6) is 0.641. The third-order valence-electron chi connectivity index (χ3n) is 5.61. The molecule has 0 aliphatic carbocycles. The number of amidine groups is 1. The van der Waals surface area contributed by atoms with Gasteiger partial charge in [0.15, 0.2) is 5.84 Å². The third-order valence-corrected chi connectivity index (χ3v) is 5.61. The van der Waals surface area contributed by atoms with Crippen LogP contribution in [0.1, 0.15) is 35.0 Å². The summed E-state index contributed by atoms with van der Waals surface area (Å²) in [5.41, 5.74) is 2.17. The van der Waals surface area contributed by atoms with Crippen LogP contribution < -0.4 is 5.32 Å². The molecular formula is C23H21FN4O. The van der Waals surface area contributed by atoms with Crippen molar-refractivity contribution in [2.45, 2.75) is 25.6 Å². The van der Waals surface area contributed by atoms with Crippen LogP contribution >= 0.6 is 0 Å². The van der Waals surface area contributed by atoms with E-state index in [1.54, 1.807) is 18.0 Å². The van der Waals surface area contributed by atoms with E-state index in [1.165, 1.54) is 0 Å². The van der Waals surface area contributed by atoms with Crippen molar-refractivity contribution in [1.29, 1.82) is 0 Å². The lowest BCUT2D eigenvalue weighted by atomic mass is 10.0. The Kier molecular flexibility index (Phi) is 4.08. The Balaban J connectivity index is 1.43. The van der Waals surface area contributed by atoms with E-state index < -0.39 is 5.67 Å². The van der Waals surface area contributed by atoms with Crippen LogP contribution in [0.3, 0.4) is 0 Å². The quantitative estimate of drug-likeness (QED) is 0.716. The van der Waals surface area contributed by atoms with E-state index in [2.05, 4.69) is 15.3 Å². The van der Waals surface area contributed by atoms with Crippen molar-refractivity contribution < 1.29 is 9.18 Å². The molecule has 3 heterocycles. The lowest BCUT2D eigenvalue weighted by molar-refractivity contribution is 0.0762. The van der Waals surface area contributed by atoms with Gasteiger partial charge in [-0.2, -0.15) is 0 Å². The average Bonchev–Trinajstić information content (AvgIpc) is 3.30. The first-order valence-electron chi connectivity index (χ1n) is 9.77. The number of alkyl halides is 1. The van der Waals surface area contributed by atoms with Crippen molar-refractivity contribution in [3.63, 3.8) is 0 Å². The summed E-state index contributed by atoms with van der Waals surface area (Å²) in [7, 11) is 0. The fourth-order valence-electron chi connectivity index (χ4n) is 4.07. The molecule has 2 aliphatic heterocycles. The summed E-state index contributed by atoms with van der Waals surface area (Å²) >= 11 is 0. The largest absolute Gasteiger partial charge is 0.339 e. The zero-order chi connectivity index (χ0) is 20.0. The van der Waals surface area contributed by atoms with E-state index in [0.29, 0.717) is 25.1 Å². The summed E-state index contributed by atoms with van der Waals surface area (Å²) in [4.78, 5) is 23.5. The number of nitrogens with zero attached hydrogens (tertiary/aromatic N) is 3. The topological polar surface area (TPSA) is 57.6 Å². The minimum Gasteiger partial charge on any atom is -0.339 e. The molecule has 146 valence electrons. The van der Waals surface area contributed by atoms with E-state index in [4.69, 9.17) is 0 Å². The van der Waals surface area contributed by atoms with Crippen molar-refractivity contribution in [2.75, 3.05) is 18.4 Å². The Bertz CT molecular complexity index is 1150. The Labute approximate surface area is 168 Å². The smallest absolute Gasteiger partial charge is 0.254 e. The molecule has 1 fully saturated rings. The first-order chi connectivity index (χ1) is 14.0. The second-order valence-electron chi connectivity index (χ2n) is 7.93. The molecule has 1 saturated heterocycles.